The summed E-state index contributed by atoms with van der Waals surface area (Å²) in [5, 5.41) is 1.01. The Balaban J connectivity index is 1.59. The number of rotatable bonds is 5. The fourth-order valence-corrected chi connectivity index (χ4v) is 6.11. The molecule has 5 rings (SSSR count). The highest BCUT2D eigenvalue weighted by atomic mass is 79.9. The highest BCUT2D eigenvalue weighted by Gasteiger charge is 2.26. The van der Waals surface area contributed by atoms with Gasteiger partial charge in [-0.1, -0.05) is 58.4 Å². The lowest BCUT2D eigenvalue weighted by molar-refractivity contribution is 0.104. The van der Waals surface area contributed by atoms with Gasteiger partial charge < -0.3 is 5.73 Å². The Kier molecular flexibility index (Phi) is 5.63. The highest BCUT2D eigenvalue weighted by molar-refractivity contribution is 9.10. The number of hydrogen-bond acceptors (Lipinski definition) is 4. The number of nitrogens with two attached hydrogens (primary N) is 1. The molecule has 156 valence electrons. The van der Waals surface area contributed by atoms with E-state index < -0.39 is 0 Å². The third kappa shape index (κ3) is 3.81. The van der Waals surface area contributed by atoms with E-state index in [1.807, 2.05) is 30.3 Å². The van der Waals surface area contributed by atoms with Crippen LogP contribution in [0, 0.1) is 0 Å². The smallest absolute Gasteiger partial charge is 0.206 e. The second-order valence-electron chi connectivity index (χ2n) is 8.04. The number of fused-ring (bicyclic) bond motifs is 3. The predicted molar refractivity (Wildman–Crippen MR) is 132 cm³/mol. The zero-order chi connectivity index (χ0) is 21.4. The maximum absolute atomic E-state index is 13.3. The molecule has 0 saturated heterocycles. The van der Waals surface area contributed by atoms with Gasteiger partial charge in [-0.15, -0.1) is 11.3 Å². The molecule has 1 aliphatic carbocycles. The molecule has 2 heterocycles. The number of halogens is 1. The van der Waals surface area contributed by atoms with Crippen molar-refractivity contribution in [3.8, 4) is 0 Å². The first-order chi connectivity index (χ1) is 15.1. The lowest BCUT2D eigenvalue weighted by Crippen LogP contribution is -2.10. The van der Waals surface area contributed by atoms with Crippen LogP contribution in [0.2, 0.25) is 0 Å². The summed E-state index contributed by atoms with van der Waals surface area (Å²) in [5.74, 6) is -0.0385. The second kappa shape index (κ2) is 8.56. The first-order valence-electron chi connectivity index (χ1n) is 10.7. The SMILES string of the molecule is Nc1c(C(=O)c2ccccc2Br)sc2nc(CCc3ccccc3)c3c(c12)CCCC3. The van der Waals surface area contributed by atoms with E-state index in [1.54, 1.807) is 0 Å². The van der Waals surface area contributed by atoms with Crippen molar-refractivity contribution in [1.29, 1.82) is 0 Å². The van der Waals surface area contributed by atoms with Gasteiger partial charge in [-0.2, -0.15) is 0 Å². The van der Waals surface area contributed by atoms with Crippen molar-refractivity contribution in [2.75, 3.05) is 5.73 Å². The molecular weight excluding hydrogens is 468 g/mol. The molecule has 0 fully saturated rings. The molecule has 0 atom stereocenters. The molecule has 2 aromatic heterocycles. The Morgan fingerprint density at radius 1 is 0.968 bits per heavy atom. The van der Waals surface area contributed by atoms with Crippen molar-refractivity contribution in [2.45, 2.75) is 38.5 Å². The molecule has 2 N–H and O–H groups in total. The van der Waals surface area contributed by atoms with E-state index in [4.69, 9.17) is 10.7 Å². The lowest BCUT2D eigenvalue weighted by Gasteiger charge is -2.20. The predicted octanol–water partition coefficient (Wildman–Crippen LogP) is 6.54. The molecule has 0 aliphatic heterocycles. The molecule has 0 spiro atoms. The molecule has 3 nitrogen and oxygen atoms in total. The van der Waals surface area contributed by atoms with Crippen LogP contribution in [0.25, 0.3) is 10.2 Å². The number of hydrogen-bond donors (Lipinski definition) is 1. The van der Waals surface area contributed by atoms with Gasteiger partial charge in [0.25, 0.3) is 0 Å². The summed E-state index contributed by atoms with van der Waals surface area (Å²) < 4.78 is 0.787. The van der Waals surface area contributed by atoms with Crippen LogP contribution in [0.4, 0.5) is 5.69 Å². The number of anilines is 1. The van der Waals surface area contributed by atoms with Crippen LogP contribution in [0.5, 0.6) is 0 Å². The van der Waals surface area contributed by atoms with E-state index in [9.17, 15) is 4.79 Å². The van der Waals surface area contributed by atoms with Crippen LogP contribution in [0.1, 0.15) is 50.5 Å². The van der Waals surface area contributed by atoms with Crippen LogP contribution in [-0.4, -0.2) is 10.8 Å². The minimum absolute atomic E-state index is 0.0385. The summed E-state index contributed by atoms with van der Waals surface area (Å²) in [5.41, 5.74) is 13.0. The number of nitrogen functional groups attached to an aromatic ring is 1. The maximum atomic E-state index is 13.3. The van der Waals surface area contributed by atoms with Gasteiger partial charge in [0.05, 0.1) is 5.69 Å². The first-order valence-corrected chi connectivity index (χ1v) is 12.3. The Morgan fingerprint density at radius 2 is 1.68 bits per heavy atom. The Morgan fingerprint density at radius 3 is 2.45 bits per heavy atom. The molecule has 0 amide bonds. The average Bonchev–Trinajstić information content (AvgIpc) is 3.14. The van der Waals surface area contributed by atoms with Gasteiger partial charge in [0, 0.05) is 21.1 Å². The number of benzene rings is 2. The van der Waals surface area contributed by atoms with Gasteiger partial charge in [-0.3, -0.25) is 4.79 Å². The standard InChI is InChI=1S/C26H23BrN2OS/c27-20-13-7-6-12-19(20)24(30)25-23(28)22-18-11-5-4-10-17(18)21(29-26(22)31-25)15-14-16-8-2-1-3-9-16/h1-3,6-9,12-13H,4-5,10-11,14-15,28H2. The van der Waals surface area contributed by atoms with Crippen LogP contribution < -0.4 is 5.73 Å². The molecular formula is C26H23BrN2OS. The molecule has 0 bridgehead atoms. The summed E-state index contributed by atoms with van der Waals surface area (Å²) in [6, 6.07) is 18.1. The Bertz CT molecular complexity index is 1280. The normalized spacial score (nSPS) is 13.3. The fraction of sp³-hybridized carbons (Fsp3) is 0.231. The van der Waals surface area contributed by atoms with Crippen LogP contribution in [-0.2, 0) is 25.7 Å². The van der Waals surface area contributed by atoms with Crippen molar-refractivity contribution in [1.82, 2.24) is 4.98 Å². The second-order valence-corrected chi connectivity index (χ2v) is 9.90. The van der Waals surface area contributed by atoms with Crippen LogP contribution in [0.15, 0.2) is 59.1 Å². The molecule has 1 aliphatic rings. The van der Waals surface area contributed by atoms with Crippen LogP contribution in [0.3, 0.4) is 0 Å². The van der Waals surface area contributed by atoms with Crippen molar-refractivity contribution in [2.24, 2.45) is 0 Å². The van der Waals surface area contributed by atoms with Gasteiger partial charge in [0.1, 0.15) is 9.71 Å². The molecule has 0 saturated carbocycles. The van der Waals surface area contributed by atoms with Crippen molar-refractivity contribution >= 4 is 49.0 Å². The molecule has 0 radical (unpaired) electrons. The van der Waals surface area contributed by atoms with Crippen LogP contribution >= 0.6 is 27.3 Å². The molecule has 4 aromatic rings. The summed E-state index contributed by atoms with van der Waals surface area (Å²) in [7, 11) is 0. The number of ketones is 1. The fourth-order valence-electron chi connectivity index (χ4n) is 4.54. The maximum Gasteiger partial charge on any atom is 0.206 e. The summed E-state index contributed by atoms with van der Waals surface area (Å²) in [4.78, 5) is 19.9. The van der Waals surface area contributed by atoms with Crippen molar-refractivity contribution in [3.05, 3.63) is 91.9 Å². The topological polar surface area (TPSA) is 56.0 Å². The van der Waals surface area contributed by atoms with Crippen molar-refractivity contribution in [3.63, 3.8) is 0 Å². The number of nitrogens with zero attached hydrogens (tertiary/aromatic N) is 1. The number of aromatic nitrogens is 1. The molecule has 31 heavy (non-hydrogen) atoms. The zero-order valence-corrected chi connectivity index (χ0v) is 19.6. The minimum Gasteiger partial charge on any atom is -0.397 e. The first kappa shape index (κ1) is 20.4. The number of pyridine rings is 1. The average molecular weight is 491 g/mol. The minimum atomic E-state index is -0.0385. The monoisotopic (exact) mass is 490 g/mol. The quantitative estimate of drug-likeness (QED) is 0.323. The van der Waals surface area contributed by atoms with Gasteiger partial charge in [0.15, 0.2) is 0 Å². The third-order valence-electron chi connectivity index (χ3n) is 6.10. The number of carbonyl (C=O) groups excluding carboxylic acids is 1. The van der Waals surface area contributed by atoms with E-state index in [2.05, 4.69) is 40.2 Å². The third-order valence-corrected chi connectivity index (χ3v) is 7.89. The van der Waals surface area contributed by atoms with Gasteiger partial charge in [0.2, 0.25) is 5.78 Å². The van der Waals surface area contributed by atoms with E-state index in [0.717, 1.165) is 46.8 Å². The number of aryl methyl sites for hydroxylation is 3. The number of thiophene rings is 1. The zero-order valence-electron chi connectivity index (χ0n) is 17.2. The van der Waals surface area contributed by atoms with E-state index in [0.29, 0.717) is 16.1 Å². The van der Waals surface area contributed by atoms with E-state index in [1.165, 1.54) is 40.1 Å². The van der Waals surface area contributed by atoms with Crippen molar-refractivity contribution < 1.29 is 4.79 Å². The van der Waals surface area contributed by atoms with Gasteiger partial charge in [-0.05, 0) is 67.3 Å². The summed E-state index contributed by atoms with van der Waals surface area (Å²) in [6.07, 6.45) is 6.28. The van der Waals surface area contributed by atoms with Gasteiger partial charge in [-0.25, -0.2) is 4.98 Å². The highest BCUT2D eigenvalue weighted by Crippen LogP contribution is 2.41. The molecule has 0 unspecified atom stereocenters. The van der Waals surface area contributed by atoms with Gasteiger partial charge >= 0.3 is 0 Å². The van der Waals surface area contributed by atoms with E-state index >= 15 is 0 Å². The van der Waals surface area contributed by atoms with E-state index in [-0.39, 0.29) is 5.78 Å². The summed E-state index contributed by atoms with van der Waals surface area (Å²) in [6.45, 7) is 0. The number of carbonyl (C=O) groups is 1. The molecule has 5 heteroatoms. The Hall–Kier alpha value is -2.50. The Labute approximate surface area is 194 Å². The summed E-state index contributed by atoms with van der Waals surface area (Å²) >= 11 is 4.94. The molecule has 2 aromatic carbocycles. The lowest BCUT2D eigenvalue weighted by atomic mass is 9.87. The largest absolute Gasteiger partial charge is 0.397 e.